The Kier molecular flexibility index (Phi) is 6.72. The van der Waals surface area contributed by atoms with Crippen LogP contribution in [0.25, 0.3) is 0 Å². The van der Waals surface area contributed by atoms with E-state index in [0.29, 0.717) is 0 Å². The number of carboxylic acid groups (broad SMARTS) is 1. The number of rotatable bonds is 1. The van der Waals surface area contributed by atoms with Crippen LogP contribution in [0.5, 0.6) is 0 Å². The molecule has 7 nitrogen and oxygen atoms in total. The molecule has 1 unspecified atom stereocenters. The lowest BCUT2D eigenvalue weighted by Gasteiger charge is -2.41. The van der Waals surface area contributed by atoms with Crippen LogP contribution in [0.3, 0.4) is 0 Å². The summed E-state index contributed by atoms with van der Waals surface area (Å²) < 4.78 is 31.7. The number of anilines is 1. The molecule has 0 radical (unpaired) electrons. The van der Waals surface area contributed by atoms with Crippen LogP contribution in [0.4, 0.5) is 23.8 Å². The van der Waals surface area contributed by atoms with Crippen molar-refractivity contribution >= 4 is 17.8 Å². The maximum Gasteiger partial charge on any atom is 0.490 e. The second-order valence-corrected chi connectivity index (χ2v) is 8.16. The summed E-state index contributed by atoms with van der Waals surface area (Å²) in [6.07, 6.45) is 2.68. The van der Waals surface area contributed by atoms with Gasteiger partial charge in [-0.3, -0.25) is 0 Å². The van der Waals surface area contributed by atoms with E-state index in [4.69, 9.17) is 9.90 Å². The Morgan fingerprint density at radius 2 is 1.67 bits per heavy atom. The fourth-order valence-electron chi connectivity index (χ4n) is 4.48. The molecule has 3 aliphatic heterocycles. The van der Waals surface area contributed by atoms with Crippen molar-refractivity contribution in [3.8, 4) is 0 Å². The monoisotopic (exact) mass is 428 g/mol. The van der Waals surface area contributed by atoms with Crippen LogP contribution in [0.1, 0.15) is 32.1 Å². The number of urea groups is 1. The minimum absolute atomic E-state index is 0.269. The zero-order valence-corrected chi connectivity index (χ0v) is 16.8. The van der Waals surface area contributed by atoms with E-state index in [1.54, 1.807) is 0 Å². The molecule has 166 valence electrons. The lowest BCUT2D eigenvalue weighted by atomic mass is 9.79. The lowest BCUT2D eigenvalue weighted by Crippen LogP contribution is -2.47. The number of alkyl halides is 3. The van der Waals surface area contributed by atoms with Gasteiger partial charge < -0.3 is 19.8 Å². The van der Waals surface area contributed by atoms with Crippen LogP contribution in [0.15, 0.2) is 24.4 Å². The van der Waals surface area contributed by atoms with Gasteiger partial charge >= 0.3 is 18.2 Å². The van der Waals surface area contributed by atoms with Crippen LogP contribution in [0.2, 0.25) is 0 Å². The van der Waals surface area contributed by atoms with Crippen molar-refractivity contribution in [2.45, 2.75) is 38.3 Å². The van der Waals surface area contributed by atoms with Crippen LogP contribution >= 0.6 is 0 Å². The Morgan fingerprint density at radius 1 is 0.967 bits per heavy atom. The van der Waals surface area contributed by atoms with E-state index >= 15 is 0 Å². The molecule has 4 heterocycles. The molecular weight excluding hydrogens is 401 g/mol. The third-order valence-electron chi connectivity index (χ3n) is 5.96. The van der Waals surface area contributed by atoms with E-state index in [-0.39, 0.29) is 11.4 Å². The molecule has 1 atom stereocenters. The number of carboxylic acids is 1. The van der Waals surface area contributed by atoms with E-state index in [0.717, 1.165) is 64.3 Å². The number of carbonyl (C=O) groups excluding carboxylic acids is 1. The third-order valence-corrected chi connectivity index (χ3v) is 5.96. The highest BCUT2D eigenvalue weighted by molar-refractivity contribution is 5.75. The summed E-state index contributed by atoms with van der Waals surface area (Å²) in [5.41, 5.74) is 0.269. The van der Waals surface area contributed by atoms with Crippen LogP contribution in [-0.4, -0.2) is 77.3 Å². The number of halogens is 3. The summed E-state index contributed by atoms with van der Waals surface area (Å²) in [5, 5.41) is 7.12. The normalized spacial score (nSPS) is 24.0. The van der Waals surface area contributed by atoms with Gasteiger partial charge in [-0.15, -0.1) is 0 Å². The predicted octanol–water partition coefficient (Wildman–Crippen LogP) is 3.22. The molecule has 3 fully saturated rings. The number of aliphatic carboxylic acids is 1. The summed E-state index contributed by atoms with van der Waals surface area (Å²) in [7, 11) is 0. The average molecular weight is 428 g/mol. The number of carbonyl (C=O) groups is 2. The highest BCUT2D eigenvalue weighted by Gasteiger charge is 2.44. The molecule has 4 rings (SSSR count). The Balaban J connectivity index is 0.000000318. The maximum atomic E-state index is 12.7. The summed E-state index contributed by atoms with van der Waals surface area (Å²) >= 11 is 0. The number of pyridine rings is 1. The van der Waals surface area contributed by atoms with Gasteiger partial charge in [-0.1, -0.05) is 6.07 Å². The van der Waals surface area contributed by atoms with Gasteiger partial charge in [0.25, 0.3) is 0 Å². The van der Waals surface area contributed by atoms with Gasteiger partial charge in [0.2, 0.25) is 0 Å². The first-order valence-corrected chi connectivity index (χ1v) is 10.2. The molecule has 0 aromatic carbocycles. The van der Waals surface area contributed by atoms with Crippen molar-refractivity contribution in [2.24, 2.45) is 5.41 Å². The van der Waals surface area contributed by atoms with Crippen molar-refractivity contribution in [1.82, 2.24) is 14.8 Å². The molecule has 3 aliphatic rings. The first kappa shape index (κ1) is 22.2. The van der Waals surface area contributed by atoms with Crippen LogP contribution in [0, 0.1) is 5.41 Å². The molecule has 1 aromatic heterocycles. The standard InChI is InChI=1S/C18H26N4O.C2HF3O2/c23-17(20-10-3-4-11-20)22-13-8-18(15-22)7-5-12-21(14-18)16-6-1-2-9-19-16;3-2(4,5)1(6)7/h1-2,6,9H,3-5,7-8,10-15H2;(H,6,7). The van der Waals surface area contributed by atoms with Gasteiger partial charge in [0, 0.05) is 50.9 Å². The Labute approximate surface area is 173 Å². The number of nitrogens with zero attached hydrogens (tertiary/aromatic N) is 4. The quantitative estimate of drug-likeness (QED) is 0.743. The van der Waals surface area contributed by atoms with Crippen molar-refractivity contribution in [2.75, 3.05) is 44.2 Å². The molecule has 1 spiro atoms. The second kappa shape index (κ2) is 9.09. The van der Waals surface area contributed by atoms with E-state index in [1.807, 2.05) is 17.2 Å². The molecule has 1 N–H and O–H groups in total. The Bertz CT molecular complexity index is 741. The number of amides is 2. The highest BCUT2D eigenvalue weighted by atomic mass is 19.4. The van der Waals surface area contributed by atoms with Crippen LogP contribution in [-0.2, 0) is 4.79 Å². The topological polar surface area (TPSA) is 77.0 Å². The number of aromatic nitrogens is 1. The smallest absolute Gasteiger partial charge is 0.475 e. The molecule has 0 bridgehead atoms. The molecule has 1 aromatic rings. The predicted molar refractivity (Wildman–Crippen MR) is 104 cm³/mol. The van der Waals surface area contributed by atoms with Crippen LogP contribution < -0.4 is 4.90 Å². The van der Waals surface area contributed by atoms with Crippen molar-refractivity contribution in [3.05, 3.63) is 24.4 Å². The van der Waals surface area contributed by atoms with Gasteiger partial charge in [0.1, 0.15) is 5.82 Å². The summed E-state index contributed by atoms with van der Waals surface area (Å²) in [6, 6.07) is 6.40. The third kappa shape index (κ3) is 5.34. The zero-order valence-electron chi connectivity index (χ0n) is 16.8. The SMILES string of the molecule is O=C(N1CCCC1)N1CCC2(CCCN(c3ccccn3)C2)C1.O=C(O)C(F)(F)F. The summed E-state index contributed by atoms with van der Waals surface area (Å²) in [5.74, 6) is -1.68. The fraction of sp³-hybridized carbons (Fsp3) is 0.650. The first-order chi connectivity index (χ1) is 14.2. The van der Waals surface area contributed by atoms with Crippen molar-refractivity contribution in [3.63, 3.8) is 0 Å². The van der Waals surface area contributed by atoms with Gasteiger partial charge in [-0.25, -0.2) is 14.6 Å². The van der Waals surface area contributed by atoms with Gasteiger partial charge in [0.15, 0.2) is 0 Å². The Morgan fingerprint density at radius 3 is 2.27 bits per heavy atom. The Hall–Kier alpha value is -2.52. The largest absolute Gasteiger partial charge is 0.490 e. The molecule has 2 amide bonds. The number of likely N-dealkylation sites (tertiary alicyclic amines) is 2. The van der Waals surface area contributed by atoms with Crippen molar-refractivity contribution < 1.29 is 27.9 Å². The molecule has 0 aliphatic carbocycles. The number of piperidine rings is 1. The molecule has 10 heteroatoms. The molecule has 0 saturated carbocycles. The summed E-state index contributed by atoms with van der Waals surface area (Å²) in [4.78, 5) is 32.6. The van der Waals surface area contributed by atoms with E-state index in [1.165, 1.54) is 12.8 Å². The minimum atomic E-state index is -5.08. The van der Waals surface area contributed by atoms with Crippen molar-refractivity contribution in [1.29, 1.82) is 0 Å². The van der Waals surface area contributed by atoms with E-state index in [9.17, 15) is 18.0 Å². The molecular formula is C20H27F3N4O3. The zero-order chi connectivity index (χ0) is 21.8. The highest BCUT2D eigenvalue weighted by Crippen LogP contribution is 2.40. The van der Waals surface area contributed by atoms with Gasteiger partial charge in [-0.2, -0.15) is 13.2 Å². The molecule has 30 heavy (non-hydrogen) atoms. The average Bonchev–Trinajstić information content (AvgIpc) is 3.39. The maximum absolute atomic E-state index is 12.7. The fourth-order valence-corrected chi connectivity index (χ4v) is 4.48. The van der Waals surface area contributed by atoms with E-state index < -0.39 is 12.1 Å². The summed E-state index contributed by atoms with van der Waals surface area (Å²) in [6.45, 7) is 5.86. The van der Waals surface area contributed by atoms with Gasteiger partial charge in [-0.05, 0) is 44.2 Å². The second-order valence-electron chi connectivity index (χ2n) is 8.16. The lowest BCUT2D eigenvalue weighted by molar-refractivity contribution is -0.192. The van der Waals surface area contributed by atoms with E-state index in [2.05, 4.69) is 26.9 Å². The molecule has 3 saturated heterocycles. The number of hydrogen-bond acceptors (Lipinski definition) is 4. The number of hydrogen-bond donors (Lipinski definition) is 1. The van der Waals surface area contributed by atoms with Gasteiger partial charge in [0.05, 0.1) is 0 Å². The minimum Gasteiger partial charge on any atom is -0.475 e. The first-order valence-electron chi connectivity index (χ1n) is 10.2.